The van der Waals surface area contributed by atoms with Crippen LogP contribution in [0.1, 0.15) is 19.8 Å². The van der Waals surface area contributed by atoms with Gasteiger partial charge in [-0.2, -0.15) is 0 Å². The normalized spacial score (nSPS) is 11.7. The Morgan fingerprint density at radius 1 is 1.38 bits per heavy atom. The van der Waals surface area contributed by atoms with Crippen LogP contribution in [0.15, 0.2) is 29.2 Å². The molecule has 0 saturated heterocycles. The molecule has 0 aliphatic carbocycles. The SMILES string of the molecule is CCC[C@@H](NC(=O)CSc1ccc([N+](=O)[O-])cc1)C(=O)O. The Bertz CT molecular complexity index is 518. The van der Waals surface area contributed by atoms with Gasteiger partial charge in [0.1, 0.15) is 6.04 Å². The van der Waals surface area contributed by atoms with Crippen molar-refractivity contribution in [2.45, 2.75) is 30.7 Å². The molecule has 0 heterocycles. The summed E-state index contributed by atoms with van der Waals surface area (Å²) in [6, 6.07) is 4.95. The van der Waals surface area contributed by atoms with Crippen molar-refractivity contribution in [3.05, 3.63) is 34.4 Å². The Balaban J connectivity index is 2.48. The lowest BCUT2D eigenvalue weighted by atomic mass is 10.2. The maximum Gasteiger partial charge on any atom is 0.326 e. The van der Waals surface area contributed by atoms with Crippen molar-refractivity contribution in [3.8, 4) is 0 Å². The quantitative estimate of drug-likeness (QED) is 0.432. The highest BCUT2D eigenvalue weighted by atomic mass is 32.2. The van der Waals surface area contributed by atoms with Gasteiger partial charge in [0, 0.05) is 17.0 Å². The van der Waals surface area contributed by atoms with Crippen LogP contribution >= 0.6 is 11.8 Å². The maximum atomic E-state index is 11.7. The van der Waals surface area contributed by atoms with E-state index in [0.717, 1.165) is 0 Å². The first kappa shape index (κ1) is 17.0. The first-order valence-corrected chi connectivity index (χ1v) is 7.32. The molecule has 2 N–H and O–H groups in total. The molecule has 0 saturated carbocycles. The summed E-state index contributed by atoms with van der Waals surface area (Å²) in [4.78, 5) is 33.3. The molecule has 7 nitrogen and oxygen atoms in total. The van der Waals surface area contributed by atoms with Crippen LogP contribution in [-0.2, 0) is 9.59 Å². The van der Waals surface area contributed by atoms with E-state index in [9.17, 15) is 19.7 Å². The summed E-state index contributed by atoms with van der Waals surface area (Å²) < 4.78 is 0. The van der Waals surface area contributed by atoms with Crippen LogP contribution in [0.5, 0.6) is 0 Å². The van der Waals surface area contributed by atoms with Crippen LogP contribution in [0.3, 0.4) is 0 Å². The number of nitro benzene ring substituents is 1. The molecular weight excluding hydrogens is 296 g/mol. The fourth-order valence-electron chi connectivity index (χ4n) is 1.60. The Morgan fingerprint density at radius 3 is 2.48 bits per heavy atom. The largest absolute Gasteiger partial charge is 0.480 e. The third kappa shape index (κ3) is 5.82. The van der Waals surface area contributed by atoms with Crippen molar-refractivity contribution in [1.82, 2.24) is 5.32 Å². The zero-order valence-electron chi connectivity index (χ0n) is 11.4. The number of nitro groups is 1. The first-order chi connectivity index (χ1) is 9.93. The minimum Gasteiger partial charge on any atom is -0.480 e. The monoisotopic (exact) mass is 312 g/mol. The summed E-state index contributed by atoms with van der Waals surface area (Å²) in [5.41, 5.74) is -0.0160. The number of thioether (sulfide) groups is 1. The number of nitrogens with zero attached hydrogens (tertiary/aromatic N) is 1. The minimum absolute atomic E-state index is 0.0160. The molecule has 1 rings (SSSR count). The molecule has 1 aromatic rings. The van der Waals surface area contributed by atoms with E-state index in [2.05, 4.69) is 5.32 Å². The van der Waals surface area contributed by atoms with Gasteiger partial charge in [0.05, 0.1) is 10.7 Å². The molecule has 0 bridgehead atoms. The number of hydrogen-bond acceptors (Lipinski definition) is 5. The van der Waals surface area contributed by atoms with Crippen molar-refractivity contribution in [2.75, 3.05) is 5.75 Å². The lowest BCUT2D eigenvalue weighted by Gasteiger charge is -2.13. The van der Waals surface area contributed by atoms with Crippen molar-refractivity contribution < 1.29 is 19.6 Å². The molecule has 0 unspecified atom stereocenters. The Labute approximate surface area is 125 Å². The number of carboxylic acids is 1. The second kappa shape index (κ2) is 8.25. The van der Waals surface area contributed by atoms with Gasteiger partial charge in [-0.15, -0.1) is 11.8 Å². The highest BCUT2D eigenvalue weighted by Crippen LogP contribution is 2.21. The Morgan fingerprint density at radius 2 is 2.00 bits per heavy atom. The molecule has 8 heteroatoms. The van der Waals surface area contributed by atoms with Gasteiger partial charge in [-0.25, -0.2) is 4.79 Å². The number of benzene rings is 1. The standard InChI is InChI=1S/C13H16N2O5S/c1-2-3-11(13(17)18)14-12(16)8-21-10-6-4-9(5-7-10)15(19)20/h4-7,11H,2-3,8H2,1H3,(H,14,16)(H,17,18)/t11-/m1/s1. The number of aliphatic carboxylic acids is 1. The molecule has 0 radical (unpaired) electrons. The van der Waals surface area contributed by atoms with Gasteiger partial charge in [0.2, 0.25) is 5.91 Å². The van der Waals surface area contributed by atoms with E-state index < -0.39 is 16.9 Å². The van der Waals surface area contributed by atoms with E-state index in [0.29, 0.717) is 17.7 Å². The summed E-state index contributed by atoms with van der Waals surface area (Å²) in [5.74, 6) is -1.37. The summed E-state index contributed by atoms with van der Waals surface area (Å²) in [6.07, 6.45) is 1.04. The second-order valence-corrected chi connectivity index (χ2v) is 5.34. The summed E-state index contributed by atoms with van der Waals surface area (Å²) in [7, 11) is 0. The number of carboxylic acid groups (broad SMARTS) is 1. The molecular formula is C13H16N2O5S. The molecule has 21 heavy (non-hydrogen) atoms. The topological polar surface area (TPSA) is 110 Å². The summed E-state index contributed by atoms with van der Waals surface area (Å²) >= 11 is 1.19. The number of carbonyl (C=O) groups is 2. The third-order valence-corrected chi connectivity index (χ3v) is 3.64. The van der Waals surface area contributed by atoms with Crippen molar-refractivity contribution in [1.29, 1.82) is 0 Å². The average Bonchev–Trinajstić information content (AvgIpc) is 2.45. The zero-order valence-corrected chi connectivity index (χ0v) is 12.3. The van der Waals surface area contributed by atoms with Gasteiger partial charge in [0.15, 0.2) is 0 Å². The van der Waals surface area contributed by atoms with Gasteiger partial charge in [0.25, 0.3) is 5.69 Å². The number of amides is 1. The fourth-order valence-corrected chi connectivity index (χ4v) is 2.30. The molecule has 0 spiro atoms. The van der Waals surface area contributed by atoms with Crippen LogP contribution in [0, 0.1) is 10.1 Å². The molecule has 0 aliphatic heterocycles. The van der Waals surface area contributed by atoms with Crippen LogP contribution < -0.4 is 5.32 Å². The molecule has 0 fully saturated rings. The first-order valence-electron chi connectivity index (χ1n) is 6.33. The number of non-ortho nitro benzene ring substituents is 1. The van der Waals surface area contributed by atoms with E-state index in [1.54, 1.807) is 12.1 Å². The van der Waals surface area contributed by atoms with E-state index in [4.69, 9.17) is 5.11 Å². The number of rotatable bonds is 8. The molecule has 1 amide bonds. The molecule has 0 aliphatic rings. The predicted molar refractivity (Wildman–Crippen MR) is 78.3 cm³/mol. The van der Waals surface area contributed by atoms with Gasteiger partial charge in [-0.1, -0.05) is 13.3 Å². The van der Waals surface area contributed by atoms with E-state index >= 15 is 0 Å². The average molecular weight is 312 g/mol. The molecule has 1 aromatic carbocycles. The molecule has 114 valence electrons. The van der Waals surface area contributed by atoms with Crippen molar-refractivity contribution >= 4 is 29.3 Å². The van der Waals surface area contributed by atoms with Gasteiger partial charge in [-0.05, 0) is 18.6 Å². The van der Waals surface area contributed by atoms with E-state index in [1.165, 1.54) is 23.9 Å². The second-order valence-electron chi connectivity index (χ2n) is 4.29. The summed E-state index contributed by atoms with van der Waals surface area (Å²) in [5, 5.41) is 21.9. The molecule has 1 atom stereocenters. The fraction of sp³-hybridized carbons (Fsp3) is 0.385. The summed E-state index contributed by atoms with van der Waals surface area (Å²) in [6.45, 7) is 1.84. The van der Waals surface area contributed by atoms with Crippen LogP contribution in [0.4, 0.5) is 5.69 Å². The Kier molecular flexibility index (Phi) is 6.67. The van der Waals surface area contributed by atoms with Crippen molar-refractivity contribution in [2.24, 2.45) is 0 Å². The van der Waals surface area contributed by atoms with Gasteiger partial charge in [-0.3, -0.25) is 14.9 Å². The van der Waals surface area contributed by atoms with Crippen molar-refractivity contribution in [3.63, 3.8) is 0 Å². The third-order valence-electron chi connectivity index (χ3n) is 2.63. The molecule has 0 aromatic heterocycles. The minimum atomic E-state index is -1.05. The number of carbonyl (C=O) groups excluding carboxylic acids is 1. The van der Waals surface area contributed by atoms with Crippen LogP contribution in [0.25, 0.3) is 0 Å². The predicted octanol–water partition coefficient (Wildman–Crippen LogP) is 2.06. The van der Waals surface area contributed by atoms with E-state index in [-0.39, 0.29) is 17.3 Å². The number of hydrogen-bond donors (Lipinski definition) is 2. The highest BCUT2D eigenvalue weighted by Gasteiger charge is 2.18. The lowest BCUT2D eigenvalue weighted by Crippen LogP contribution is -2.41. The Hall–Kier alpha value is -2.09. The van der Waals surface area contributed by atoms with Crippen LogP contribution in [-0.4, -0.2) is 33.7 Å². The highest BCUT2D eigenvalue weighted by molar-refractivity contribution is 8.00. The number of nitrogens with one attached hydrogen (secondary N) is 1. The van der Waals surface area contributed by atoms with Gasteiger partial charge >= 0.3 is 5.97 Å². The van der Waals surface area contributed by atoms with Crippen LogP contribution in [0.2, 0.25) is 0 Å². The smallest absolute Gasteiger partial charge is 0.326 e. The van der Waals surface area contributed by atoms with E-state index in [1.807, 2.05) is 6.92 Å². The lowest BCUT2D eigenvalue weighted by molar-refractivity contribution is -0.384. The zero-order chi connectivity index (χ0) is 15.8. The maximum absolute atomic E-state index is 11.7. The van der Waals surface area contributed by atoms with Gasteiger partial charge < -0.3 is 10.4 Å².